The zero-order valence-corrected chi connectivity index (χ0v) is 14.2. The molecule has 122 valence electrons. The lowest BCUT2D eigenvalue weighted by Gasteiger charge is -2.06. The molecule has 1 aromatic heterocycles. The standard InChI is InChI=1S/C18H14BrFN2O2/c19-16-7-6-14(20)8-13(16)10-21-17(23)9-15-11-24-18(22-15)12-4-2-1-3-5-12/h1-8,11H,9-10H2,(H,21,23). The van der Waals surface area contributed by atoms with Crippen LogP contribution in [0.25, 0.3) is 11.5 Å². The summed E-state index contributed by atoms with van der Waals surface area (Å²) in [5, 5.41) is 2.75. The van der Waals surface area contributed by atoms with E-state index in [4.69, 9.17) is 4.42 Å². The number of amides is 1. The topological polar surface area (TPSA) is 55.1 Å². The number of oxazole rings is 1. The van der Waals surface area contributed by atoms with Gasteiger partial charge in [-0.3, -0.25) is 4.79 Å². The average Bonchev–Trinajstić information content (AvgIpc) is 3.05. The van der Waals surface area contributed by atoms with E-state index in [2.05, 4.69) is 26.2 Å². The fourth-order valence-electron chi connectivity index (χ4n) is 2.20. The summed E-state index contributed by atoms with van der Waals surface area (Å²) in [6.45, 7) is 0.237. The fraction of sp³-hybridized carbons (Fsp3) is 0.111. The summed E-state index contributed by atoms with van der Waals surface area (Å²) in [6, 6.07) is 13.8. The molecule has 3 rings (SSSR count). The van der Waals surface area contributed by atoms with E-state index in [1.807, 2.05) is 30.3 Å². The Hall–Kier alpha value is -2.47. The van der Waals surface area contributed by atoms with E-state index in [0.29, 0.717) is 17.1 Å². The van der Waals surface area contributed by atoms with Crippen LogP contribution in [0.4, 0.5) is 4.39 Å². The van der Waals surface area contributed by atoms with E-state index in [-0.39, 0.29) is 24.7 Å². The quantitative estimate of drug-likeness (QED) is 0.715. The largest absolute Gasteiger partial charge is 0.444 e. The van der Waals surface area contributed by atoms with Crippen molar-refractivity contribution in [2.24, 2.45) is 0 Å². The molecule has 6 heteroatoms. The molecular formula is C18H14BrFN2O2. The molecule has 0 atom stereocenters. The highest BCUT2D eigenvalue weighted by Crippen LogP contribution is 2.19. The van der Waals surface area contributed by atoms with Crippen molar-refractivity contribution in [3.63, 3.8) is 0 Å². The van der Waals surface area contributed by atoms with Crippen LogP contribution >= 0.6 is 15.9 Å². The van der Waals surface area contributed by atoms with Gasteiger partial charge in [0.05, 0.1) is 12.1 Å². The molecule has 0 aliphatic rings. The van der Waals surface area contributed by atoms with Gasteiger partial charge in [0, 0.05) is 16.6 Å². The van der Waals surface area contributed by atoms with E-state index in [1.54, 1.807) is 6.07 Å². The number of carbonyl (C=O) groups excluding carboxylic acids is 1. The summed E-state index contributed by atoms with van der Waals surface area (Å²) in [5.74, 6) is -0.0724. The van der Waals surface area contributed by atoms with Crippen LogP contribution in [0.1, 0.15) is 11.3 Å². The van der Waals surface area contributed by atoms with Crippen LogP contribution in [0, 0.1) is 5.82 Å². The predicted molar refractivity (Wildman–Crippen MR) is 91.6 cm³/mol. The molecule has 1 amide bonds. The molecule has 0 aliphatic heterocycles. The molecule has 0 bridgehead atoms. The van der Waals surface area contributed by atoms with Gasteiger partial charge < -0.3 is 9.73 Å². The number of carbonyl (C=O) groups is 1. The second-order valence-corrected chi connectivity index (χ2v) is 6.05. The van der Waals surface area contributed by atoms with E-state index in [0.717, 1.165) is 10.0 Å². The van der Waals surface area contributed by atoms with Crippen molar-refractivity contribution in [1.29, 1.82) is 0 Å². The molecule has 0 aliphatic carbocycles. The summed E-state index contributed by atoms with van der Waals surface area (Å²) in [5.41, 5.74) is 2.07. The second-order valence-electron chi connectivity index (χ2n) is 5.20. The van der Waals surface area contributed by atoms with E-state index in [9.17, 15) is 9.18 Å². The van der Waals surface area contributed by atoms with Gasteiger partial charge >= 0.3 is 0 Å². The van der Waals surface area contributed by atoms with Gasteiger partial charge in [-0.05, 0) is 35.9 Å². The molecule has 3 aromatic rings. The first-order valence-corrected chi connectivity index (χ1v) is 8.11. The number of nitrogens with one attached hydrogen (secondary N) is 1. The normalized spacial score (nSPS) is 10.6. The van der Waals surface area contributed by atoms with Crippen molar-refractivity contribution in [2.75, 3.05) is 0 Å². The van der Waals surface area contributed by atoms with Crippen molar-refractivity contribution in [2.45, 2.75) is 13.0 Å². The first kappa shape index (κ1) is 16.4. The third kappa shape index (κ3) is 4.08. The Morgan fingerprint density at radius 3 is 2.79 bits per heavy atom. The minimum atomic E-state index is -0.341. The van der Waals surface area contributed by atoms with Gasteiger partial charge in [0.15, 0.2) is 0 Å². The highest BCUT2D eigenvalue weighted by atomic mass is 79.9. The molecule has 0 spiro atoms. The molecule has 2 aromatic carbocycles. The van der Waals surface area contributed by atoms with Crippen LogP contribution in [-0.4, -0.2) is 10.9 Å². The van der Waals surface area contributed by atoms with Crippen molar-refractivity contribution >= 4 is 21.8 Å². The van der Waals surface area contributed by atoms with Crippen LogP contribution in [0.2, 0.25) is 0 Å². The third-order valence-corrected chi connectivity index (χ3v) is 4.17. The van der Waals surface area contributed by atoms with Crippen LogP contribution in [-0.2, 0) is 17.8 Å². The van der Waals surface area contributed by atoms with Gasteiger partial charge in [-0.25, -0.2) is 9.37 Å². The highest BCUT2D eigenvalue weighted by Gasteiger charge is 2.11. The molecular weight excluding hydrogens is 375 g/mol. The zero-order valence-electron chi connectivity index (χ0n) is 12.6. The van der Waals surface area contributed by atoms with E-state index in [1.165, 1.54) is 18.4 Å². The number of rotatable bonds is 5. The van der Waals surface area contributed by atoms with Crippen LogP contribution in [0.3, 0.4) is 0 Å². The number of halogens is 2. The lowest BCUT2D eigenvalue weighted by molar-refractivity contribution is -0.120. The molecule has 0 unspecified atom stereocenters. The van der Waals surface area contributed by atoms with Gasteiger partial charge in [0.25, 0.3) is 0 Å². The molecule has 0 saturated carbocycles. The van der Waals surface area contributed by atoms with Gasteiger partial charge in [-0.2, -0.15) is 0 Å². The number of aromatic nitrogens is 1. The van der Waals surface area contributed by atoms with Crippen LogP contribution < -0.4 is 5.32 Å². The van der Waals surface area contributed by atoms with Gasteiger partial charge in [0.2, 0.25) is 11.8 Å². The Balaban J connectivity index is 1.59. The lowest BCUT2D eigenvalue weighted by atomic mass is 10.2. The van der Waals surface area contributed by atoms with Crippen molar-refractivity contribution in [3.8, 4) is 11.5 Å². The number of hydrogen-bond donors (Lipinski definition) is 1. The summed E-state index contributed by atoms with van der Waals surface area (Å²) in [7, 11) is 0. The monoisotopic (exact) mass is 388 g/mol. The smallest absolute Gasteiger partial charge is 0.226 e. The molecule has 0 radical (unpaired) electrons. The number of hydrogen-bond acceptors (Lipinski definition) is 3. The molecule has 0 saturated heterocycles. The summed E-state index contributed by atoms with van der Waals surface area (Å²) in [4.78, 5) is 16.3. The van der Waals surface area contributed by atoms with Crippen molar-refractivity contribution in [1.82, 2.24) is 10.3 Å². The Bertz CT molecular complexity index is 849. The maximum absolute atomic E-state index is 13.2. The Morgan fingerprint density at radius 2 is 2.00 bits per heavy atom. The molecule has 4 nitrogen and oxygen atoms in total. The van der Waals surface area contributed by atoms with E-state index < -0.39 is 0 Å². The van der Waals surface area contributed by atoms with Gasteiger partial charge in [-0.15, -0.1) is 0 Å². The SMILES string of the molecule is O=C(Cc1coc(-c2ccccc2)n1)NCc1cc(F)ccc1Br. The summed E-state index contributed by atoms with van der Waals surface area (Å²) in [6.07, 6.45) is 1.57. The van der Waals surface area contributed by atoms with E-state index >= 15 is 0 Å². The van der Waals surface area contributed by atoms with Gasteiger partial charge in [-0.1, -0.05) is 34.1 Å². The highest BCUT2D eigenvalue weighted by molar-refractivity contribution is 9.10. The Labute approximate surface area is 146 Å². The molecule has 1 N–H and O–H groups in total. The number of benzene rings is 2. The molecule has 24 heavy (non-hydrogen) atoms. The minimum absolute atomic E-state index is 0.100. The average molecular weight is 389 g/mol. The summed E-state index contributed by atoms with van der Waals surface area (Å²) >= 11 is 3.33. The summed E-state index contributed by atoms with van der Waals surface area (Å²) < 4.78 is 19.4. The molecule has 0 fully saturated rings. The first-order chi connectivity index (χ1) is 11.6. The van der Waals surface area contributed by atoms with Crippen LogP contribution in [0.15, 0.2) is 63.7 Å². The maximum Gasteiger partial charge on any atom is 0.226 e. The van der Waals surface area contributed by atoms with Crippen molar-refractivity contribution in [3.05, 3.63) is 76.3 Å². The third-order valence-electron chi connectivity index (χ3n) is 3.40. The zero-order chi connectivity index (χ0) is 16.9. The fourth-order valence-corrected chi connectivity index (χ4v) is 2.59. The minimum Gasteiger partial charge on any atom is -0.444 e. The number of nitrogens with zero attached hydrogens (tertiary/aromatic N) is 1. The Morgan fingerprint density at radius 1 is 1.21 bits per heavy atom. The lowest BCUT2D eigenvalue weighted by Crippen LogP contribution is -2.24. The van der Waals surface area contributed by atoms with Gasteiger partial charge in [0.1, 0.15) is 12.1 Å². The second kappa shape index (κ2) is 7.40. The maximum atomic E-state index is 13.2. The van der Waals surface area contributed by atoms with Crippen LogP contribution in [0.5, 0.6) is 0 Å². The van der Waals surface area contributed by atoms with Crippen molar-refractivity contribution < 1.29 is 13.6 Å². The predicted octanol–water partition coefficient (Wildman–Crippen LogP) is 4.10. The first-order valence-electron chi connectivity index (χ1n) is 7.32. The Kier molecular flexibility index (Phi) is 5.05. The molecule has 1 heterocycles.